The minimum atomic E-state index is -0.280. The zero-order chi connectivity index (χ0) is 18.8. The average Bonchev–Trinajstić information content (AvgIpc) is 3.28. The molecule has 0 saturated carbocycles. The first-order chi connectivity index (χ1) is 13.1. The number of aromatic nitrogens is 2. The molecule has 1 aromatic carbocycles. The Hall–Kier alpha value is -2.29. The molecule has 0 spiro atoms. The van der Waals surface area contributed by atoms with Crippen LogP contribution in [0.2, 0.25) is 0 Å². The zero-order valence-corrected chi connectivity index (χ0v) is 15.9. The minimum Gasteiger partial charge on any atom is -0.379 e. The van der Waals surface area contributed by atoms with Crippen molar-refractivity contribution in [3.05, 3.63) is 47.4 Å². The summed E-state index contributed by atoms with van der Waals surface area (Å²) < 4.78 is 20.3. The van der Waals surface area contributed by atoms with Crippen LogP contribution in [0, 0.1) is 5.82 Å². The molecule has 3 heterocycles. The molecule has 0 unspecified atom stereocenters. The second-order valence-corrected chi connectivity index (χ2v) is 7.42. The van der Waals surface area contributed by atoms with E-state index >= 15 is 0 Å². The maximum Gasteiger partial charge on any atom is 0.271 e. The maximum absolute atomic E-state index is 13.1. The molecular formula is C19H21FN4O2S. The molecule has 1 aliphatic heterocycles. The molecule has 0 N–H and O–H groups in total. The number of likely N-dealkylation sites (N-methyl/N-ethyl adjacent to an activating group) is 1. The zero-order valence-electron chi connectivity index (χ0n) is 15.1. The molecule has 1 saturated heterocycles. The first-order valence-electron chi connectivity index (χ1n) is 8.90. The number of benzene rings is 1. The molecule has 6 nitrogen and oxygen atoms in total. The fourth-order valence-corrected chi connectivity index (χ4v) is 3.96. The standard InChI is InChI=1S/C19H21FN4O2S/c1-22(6-7-23-8-10-26-11-9-23)18(25)17-13-27-19-21-16(12-24(17)19)14-2-4-15(20)5-3-14/h2-5,12-13H,6-11H2,1H3. The van der Waals surface area contributed by atoms with Crippen molar-refractivity contribution < 1.29 is 13.9 Å². The van der Waals surface area contributed by atoms with Gasteiger partial charge in [-0.3, -0.25) is 14.1 Å². The molecule has 2 aromatic heterocycles. The van der Waals surface area contributed by atoms with Gasteiger partial charge in [0.1, 0.15) is 11.5 Å². The third-order valence-corrected chi connectivity index (χ3v) is 5.61. The molecule has 1 aliphatic rings. The SMILES string of the molecule is CN(CCN1CCOCC1)C(=O)c1csc2nc(-c3ccc(F)cc3)cn12. The molecule has 8 heteroatoms. The van der Waals surface area contributed by atoms with Crippen molar-refractivity contribution in [2.75, 3.05) is 46.4 Å². The summed E-state index contributed by atoms with van der Waals surface area (Å²) in [4.78, 5) is 22.2. The lowest BCUT2D eigenvalue weighted by Gasteiger charge is -2.28. The first kappa shape index (κ1) is 18.1. The molecule has 0 atom stereocenters. The van der Waals surface area contributed by atoms with Gasteiger partial charge < -0.3 is 9.64 Å². The number of carbonyl (C=O) groups is 1. The summed E-state index contributed by atoms with van der Waals surface area (Å²) in [5.41, 5.74) is 2.15. The average molecular weight is 388 g/mol. The van der Waals surface area contributed by atoms with E-state index in [2.05, 4.69) is 9.88 Å². The van der Waals surface area contributed by atoms with E-state index in [1.165, 1.54) is 23.5 Å². The van der Waals surface area contributed by atoms with Gasteiger partial charge in [-0.2, -0.15) is 0 Å². The Morgan fingerprint density at radius 1 is 1.30 bits per heavy atom. The topological polar surface area (TPSA) is 50.1 Å². The van der Waals surface area contributed by atoms with Gasteiger partial charge in [0.2, 0.25) is 0 Å². The lowest BCUT2D eigenvalue weighted by Crippen LogP contribution is -2.42. The van der Waals surface area contributed by atoms with Crippen LogP contribution in [0.25, 0.3) is 16.2 Å². The quantitative estimate of drug-likeness (QED) is 0.674. The molecule has 27 heavy (non-hydrogen) atoms. The number of imidazole rings is 1. The normalized spacial score (nSPS) is 15.3. The van der Waals surface area contributed by atoms with Gasteiger partial charge in [-0.05, 0) is 24.3 Å². The first-order valence-corrected chi connectivity index (χ1v) is 9.78. The molecule has 0 radical (unpaired) electrons. The molecule has 4 rings (SSSR count). The fourth-order valence-electron chi connectivity index (χ4n) is 3.11. The number of carbonyl (C=O) groups excluding carboxylic acids is 1. The monoisotopic (exact) mass is 388 g/mol. The van der Waals surface area contributed by atoms with E-state index in [1.54, 1.807) is 17.0 Å². The van der Waals surface area contributed by atoms with Crippen molar-refractivity contribution in [3.63, 3.8) is 0 Å². The summed E-state index contributed by atoms with van der Waals surface area (Å²) in [5.74, 6) is -0.310. The van der Waals surface area contributed by atoms with Crippen LogP contribution >= 0.6 is 11.3 Å². The number of morpholine rings is 1. The van der Waals surface area contributed by atoms with Crippen molar-refractivity contribution in [3.8, 4) is 11.3 Å². The van der Waals surface area contributed by atoms with Crippen molar-refractivity contribution in [1.29, 1.82) is 0 Å². The highest BCUT2D eigenvalue weighted by Gasteiger charge is 2.19. The van der Waals surface area contributed by atoms with E-state index in [4.69, 9.17) is 4.74 Å². The summed E-state index contributed by atoms with van der Waals surface area (Å²) in [6.07, 6.45) is 1.84. The van der Waals surface area contributed by atoms with Crippen molar-refractivity contribution in [1.82, 2.24) is 19.2 Å². The van der Waals surface area contributed by atoms with Gasteiger partial charge in [0, 0.05) is 50.4 Å². The van der Waals surface area contributed by atoms with E-state index < -0.39 is 0 Å². The van der Waals surface area contributed by atoms with E-state index in [9.17, 15) is 9.18 Å². The second kappa shape index (κ2) is 7.75. The van der Waals surface area contributed by atoms with E-state index in [0.717, 1.165) is 49.1 Å². The maximum atomic E-state index is 13.1. The Bertz CT molecular complexity index is 931. The van der Waals surface area contributed by atoms with Crippen molar-refractivity contribution >= 4 is 22.2 Å². The lowest BCUT2D eigenvalue weighted by atomic mass is 10.2. The van der Waals surface area contributed by atoms with Crippen LogP contribution in [-0.2, 0) is 4.74 Å². The molecule has 0 aliphatic carbocycles. The van der Waals surface area contributed by atoms with Gasteiger partial charge in [0.15, 0.2) is 4.96 Å². The number of thiazole rings is 1. The van der Waals surface area contributed by atoms with Crippen LogP contribution in [0.1, 0.15) is 10.5 Å². The van der Waals surface area contributed by atoms with E-state index in [1.807, 2.05) is 23.0 Å². The summed E-state index contributed by atoms with van der Waals surface area (Å²) in [6, 6.07) is 6.21. The number of ether oxygens (including phenoxy) is 1. The highest BCUT2D eigenvalue weighted by molar-refractivity contribution is 7.15. The third kappa shape index (κ3) is 3.87. The molecule has 142 valence electrons. The summed E-state index contributed by atoms with van der Waals surface area (Å²) in [6.45, 7) is 4.83. The molecule has 3 aromatic rings. The van der Waals surface area contributed by atoms with Crippen LogP contribution in [0.5, 0.6) is 0 Å². The van der Waals surface area contributed by atoms with E-state index in [0.29, 0.717) is 12.2 Å². The van der Waals surface area contributed by atoms with Gasteiger partial charge in [-0.15, -0.1) is 11.3 Å². The number of amides is 1. The van der Waals surface area contributed by atoms with Gasteiger partial charge in [0.05, 0.1) is 18.9 Å². The molecular weight excluding hydrogens is 367 g/mol. The summed E-state index contributed by atoms with van der Waals surface area (Å²) in [7, 11) is 1.82. The van der Waals surface area contributed by atoms with Crippen molar-refractivity contribution in [2.45, 2.75) is 0 Å². The van der Waals surface area contributed by atoms with Gasteiger partial charge in [-0.1, -0.05) is 0 Å². The highest BCUT2D eigenvalue weighted by atomic mass is 32.1. The molecule has 1 amide bonds. The van der Waals surface area contributed by atoms with Crippen LogP contribution in [0.4, 0.5) is 4.39 Å². The predicted octanol–water partition coefficient (Wildman–Crippen LogP) is 2.61. The Kier molecular flexibility index (Phi) is 5.20. The van der Waals surface area contributed by atoms with E-state index in [-0.39, 0.29) is 11.7 Å². The van der Waals surface area contributed by atoms with Crippen molar-refractivity contribution in [2.24, 2.45) is 0 Å². The fraction of sp³-hybridized carbons (Fsp3) is 0.368. The Morgan fingerprint density at radius 2 is 2.04 bits per heavy atom. The van der Waals surface area contributed by atoms with Crippen LogP contribution in [0.15, 0.2) is 35.8 Å². The number of fused-ring (bicyclic) bond motifs is 1. The van der Waals surface area contributed by atoms with Gasteiger partial charge in [0.25, 0.3) is 5.91 Å². The Balaban J connectivity index is 1.48. The number of rotatable bonds is 5. The Morgan fingerprint density at radius 3 is 2.78 bits per heavy atom. The third-order valence-electron chi connectivity index (χ3n) is 4.77. The molecule has 1 fully saturated rings. The predicted molar refractivity (Wildman–Crippen MR) is 103 cm³/mol. The van der Waals surface area contributed by atoms with Crippen LogP contribution in [-0.4, -0.2) is 71.5 Å². The summed E-state index contributed by atoms with van der Waals surface area (Å²) in [5, 5.41) is 1.84. The van der Waals surface area contributed by atoms with Crippen LogP contribution < -0.4 is 0 Å². The molecule has 0 bridgehead atoms. The highest BCUT2D eigenvalue weighted by Crippen LogP contribution is 2.24. The smallest absolute Gasteiger partial charge is 0.271 e. The lowest BCUT2D eigenvalue weighted by molar-refractivity contribution is 0.0337. The Labute approximate surface area is 160 Å². The minimum absolute atomic E-state index is 0.0300. The second-order valence-electron chi connectivity index (χ2n) is 6.59. The number of hydrogen-bond acceptors (Lipinski definition) is 5. The number of nitrogens with zero attached hydrogens (tertiary/aromatic N) is 4. The number of hydrogen-bond donors (Lipinski definition) is 0. The number of halogens is 1. The largest absolute Gasteiger partial charge is 0.379 e. The van der Waals surface area contributed by atoms with Crippen LogP contribution in [0.3, 0.4) is 0 Å². The van der Waals surface area contributed by atoms with Gasteiger partial charge >= 0.3 is 0 Å². The van der Waals surface area contributed by atoms with Gasteiger partial charge in [-0.25, -0.2) is 9.37 Å². The summed E-state index contributed by atoms with van der Waals surface area (Å²) >= 11 is 1.43.